The van der Waals surface area contributed by atoms with E-state index in [9.17, 15) is 0 Å². The van der Waals surface area contributed by atoms with Crippen LogP contribution in [0.5, 0.6) is 0 Å². The first-order valence-corrected chi connectivity index (χ1v) is 3.73. The van der Waals surface area contributed by atoms with Crippen LogP contribution in [-0.2, 0) is 0 Å². The van der Waals surface area contributed by atoms with Gasteiger partial charge in [-0.3, -0.25) is 0 Å². The third kappa shape index (κ3) is 1.24. The molecule has 11 heavy (non-hydrogen) atoms. The molecule has 1 aromatic rings. The van der Waals surface area contributed by atoms with E-state index in [-0.39, 0.29) is 0 Å². The Morgan fingerprint density at radius 3 is 3.27 bits per heavy atom. The zero-order valence-corrected chi connectivity index (χ0v) is 6.17. The fourth-order valence-corrected chi connectivity index (χ4v) is 1.11. The highest BCUT2D eigenvalue weighted by Crippen LogP contribution is 2.24. The van der Waals surface area contributed by atoms with Gasteiger partial charge in [0.05, 0.1) is 17.6 Å². The molecule has 2 heteroatoms. The van der Waals surface area contributed by atoms with Crippen molar-refractivity contribution in [1.29, 1.82) is 0 Å². The highest BCUT2D eigenvalue weighted by Gasteiger charge is 2.00. The molecule has 0 aromatic heterocycles. The zero-order chi connectivity index (χ0) is 7.52. The number of nitrogens with zero attached hydrogens (tertiary/aromatic N) is 1. The van der Waals surface area contributed by atoms with E-state index in [1.165, 1.54) is 0 Å². The molecular weight excluding hydrogens is 136 g/mol. The first-order chi connectivity index (χ1) is 5.47. The molecule has 55 valence electrons. The number of hydrogen-bond acceptors (Lipinski definition) is 2. The first kappa shape index (κ1) is 6.40. The van der Waals surface area contributed by atoms with Crippen LogP contribution in [0.15, 0.2) is 29.3 Å². The number of anilines is 1. The van der Waals surface area contributed by atoms with E-state index in [0.29, 0.717) is 0 Å². The standard InChI is InChI=1S/C9H9N2/c1-2-5-9-8(4-1)10-6-3-7-11-9/h1-2,4-5,10H,3,6H2. The Morgan fingerprint density at radius 2 is 2.27 bits per heavy atom. The van der Waals surface area contributed by atoms with Gasteiger partial charge in [-0.15, -0.1) is 0 Å². The molecule has 1 aliphatic heterocycles. The molecule has 1 aromatic carbocycles. The molecule has 1 heterocycles. The summed E-state index contributed by atoms with van der Waals surface area (Å²) in [4.78, 5) is 4.17. The molecule has 2 nitrogen and oxygen atoms in total. The fraction of sp³-hybridized carbons (Fsp3) is 0.222. The van der Waals surface area contributed by atoms with E-state index in [4.69, 9.17) is 0 Å². The molecule has 0 unspecified atom stereocenters. The van der Waals surface area contributed by atoms with Crippen LogP contribution in [0.3, 0.4) is 0 Å². The van der Waals surface area contributed by atoms with E-state index in [0.717, 1.165) is 24.3 Å². The number of aliphatic imine (C=N–C) groups is 1. The van der Waals surface area contributed by atoms with Crippen LogP contribution >= 0.6 is 0 Å². The Morgan fingerprint density at radius 1 is 1.36 bits per heavy atom. The van der Waals surface area contributed by atoms with Crippen molar-refractivity contribution in [2.45, 2.75) is 6.42 Å². The van der Waals surface area contributed by atoms with Crippen molar-refractivity contribution in [3.8, 4) is 0 Å². The summed E-state index contributed by atoms with van der Waals surface area (Å²) in [5.74, 6) is 0. The molecule has 1 aliphatic rings. The average molecular weight is 145 g/mol. The molecule has 0 atom stereocenters. The van der Waals surface area contributed by atoms with Gasteiger partial charge < -0.3 is 5.32 Å². The topological polar surface area (TPSA) is 24.4 Å². The molecule has 0 fully saturated rings. The van der Waals surface area contributed by atoms with Crippen molar-refractivity contribution in [3.05, 3.63) is 24.3 Å². The highest BCUT2D eigenvalue weighted by atomic mass is 14.9. The van der Waals surface area contributed by atoms with Crippen molar-refractivity contribution < 1.29 is 0 Å². The van der Waals surface area contributed by atoms with Gasteiger partial charge in [0.2, 0.25) is 0 Å². The van der Waals surface area contributed by atoms with Gasteiger partial charge >= 0.3 is 0 Å². The average Bonchev–Trinajstić information content (AvgIpc) is 2.28. The lowest BCUT2D eigenvalue weighted by atomic mass is 10.3. The largest absolute Gasteiger partial charge is 0.383 e. The van der Waals surface area contributed by atoms with Gasteiger partial charge in [0, 0.05) is 13.0 Å². The Labute approximate surface area is 66.0 Å². The quantitative estimate of drug-likeness (QED) is 0.593. The fourth-order valence-electron chi connectivity index (χ4n) is 1.11. The number of nitrogens with one attached hydrogen (secondary N) is 1. The summed E-state index contributed by atoms with van der Waals surface area (Å²) < 4.78 is 0. The second-order valence-corrected chi connectivity index (χ2v) is 2.46. The van der Waals surface area contributed by atoms with Gasteiger partial charge in [-0.05, 0) is 12.1 Å². The van der Waals surface area contributed by atoms with Crippen molar-refractivity contribution in [2.24, 2.45) is 4.99 Å². The van der Waals surface area contributed by atoms with Crippen LogP contribution in [-0.4, -0.2) is 12.8 Å². The van der Waals surface area contributed by atoms with Crippen LogP contribution in [0.2, 0.25) is 0 Å². The molecule has 0 saturated carbocycles. The van der Waals surface area contributed by atoms with Crippen LogP contribution in [0.1, 0.15) is 6.42 Å². The lowest BCUT2D eigenvalue weighted by Crippen LogP contribution is -1.98. The van der Waals surface area contributed by atoms with Gasteiger partial charge in [-0.25, -0.2) is 4.99 Å². The first-order valence-electron chi connectivity index (χ1n) is 3.73. The minimum absolute atomic E-state index is 0.884. The second kappa shape index (κ2) is 2.74. The Hall–Kier alpha value is -1.31. The summed E-state index contributed by atoms with van der Waals surface area (Å²) >= 11 is 0. The monoisotopic (exact) mass is 145 g/mol. The van der Waals surface area contributed by atoms with Crippen molar-refractivity contribution in [2.75, 3.05) is 11.9 Å². The lowest BCUT2D eigenvalue weighted by molar-refractivity contribution is 1.14. The summed E-state index contributed by atoms with van der Waals surface area (Å²) in [7, 11) is 0. The maximum atomic E-state index is 4.17. The van der Waals surface area contributed by atoms with Gasteiger partial charge in [-0.1, -0.05) is 12.1 Å². The maximum Gasteiger partial charge on any atom is 0.0865 e. The molecule has 1 radical (unpaired) electrons. The molecule has 0 saturated heterocycles. The normalized spacial score (nSPS) is 14.9. The van der Waals surface area contributed by atoms with Crippen LogP contribution in [0.25, 0.3) is 0 Å². The molecule has 2 rings (SSSR count). The number of fused-ring (bicyclic) bond motifs is 1. The minimum Gasteiger partial charge on any atom is -0.383 e. The molecule has 0 spiro atoms. The molecule has 1 N–H and O–H groups in total. The van der Waals surface area contributed by atoms with Crippen LogP contribution < -0.4 is 5.32 Å². The molecule has 0 amide bonds. The summed E-state index contributed by atoms with van der Waals surface area (Å²) in [6.45, 7) is 0.931. The van der Waals surface area contributed by atoms with E-state index >= 15 is 0 Å². The van der Waals surface area contributed by atoms with Crippen LogP contribution in [0.4, 0.5) is 11.4 Å². The Kier molecular flexibility index (Phi) is 1.60. The summed E-state index contributed by atoms with van der Waals surface area (Å²) in [5.41, 5.74) is 2.10. The number of hydrogen-bond donors (Lipinski definition) is 1. The molecular formula is C9H9N2. The summed E-state index contributed by atoms with van der Waals surface area (Å²) in [5, 5.41) is 3.27. The van der Waals surface area contributed by atoms with E-state index in [1.54, 1.807) is 0 Å². The van der Waals surface area contributed by atoms with Gasteiger partial charge in [0.1, 0.15) is 0 Å². The van der Waals surface area contributed by atoms with Gasteiger partial charge in [0.15, 0.2) is 0 Å². The highest BCUT2D eigenvalue weighted by molar-refractivity contribution is 5.74. The van der Waals surface area contributed by atoms with Gasteiger partial charge in [-0.2, -0.15) is 0 Å². The third-order valence-corrected chi connectivity index (χ3v) is 1.66. The van der Waals surface area contributed by atoms with E-state index < -0.39 is 0 Å². The summed E-state index contributed by atoms with van der Waals surface area (Å²) in [6.07, 6.45) is 3.85. The van der Waals surface area contributed by atoms with Crippen molar-refractivity contribution in [1.82, 2.24) is 0 Å². The van der Waals surface area contributed by atoms with Crippen molar-refractivity contribution in [3.63, 3.8) is 0 Å². The smallest absolute Gasteiger partial charge is 0.0865 e. The molecule has 0 bridgehead atoms. The lowest BCUT2D eigenvalue weighted by Gasteiger charge is -2.03. The van der Waals surface area contributed by atoms with E-state index in [1.807, 2.05) is 24.3 Å². The zero-order valence-electron chi connectivity index (χ0n) is 6.17. The third-order valence-electron chi connectivity index (χ3n) is 1.66. The number of benzene rings is 1. The van der Waals surface area contributed by atoms with E-state index in [2.05, 4.69) is 16.5 Å². The minimum atomic E-state index is 0.884. The Balaban J connectivity index is 2.45. The second-order valence-electron chi connectivity index (χ2n) is 2.46. The molecule has 0 aliphatic carbocycles. The van der Waals surface area contributed by atoms with Crippen LogP contribution in [0, 0.1) is 0 Å². The maximum absolute atomic E-state index is 4.17. The predicted octanol–water partition coefficient (Wildman–Crippen LogP) is 2.08. The SMILES string of the molecule is [C]1=Nc2ccccc2NCC1. The number of rotatable bonds is 0. The van der Waals surface area contributed by atoms with Gasteiger partial charge in [0.25, 0.3) is 0 Å². The Bertz CT molecular complexity index is 279. The summed E-state index contributed by atoms with van der Waals surface area (Å²) in [6, 6.07) is 8.01. The number of para-hydroxylation sites is 2. The van der Waals surface area contributed by atoms with Crippen molar-refractivity contribution >= 4 is 17.6 Å². The predicted molar refractivity (Wildman–Crippen MR) is 46.6 cm³/mol.